The van der Waals surface area contributed by atoms with Gasteiger partial charge in [0.1, 0.15) is 11.8 Å². The third-order valence-electron chi connectivity index (χ3n) is 11.4. The van der Waals surface area contributed by atoms with Crippen LogP contribution < -0.4 is 10.5 Å². The zero-order chi connectivity index (χ0) is 31.8. The fourth-order valence-electron chi connectivity index (χ4n) is 9.17. The molecule has 240 valence electrons. The number of aromatic hydroxyl groups is 1. The van der Waals surface area contributed by atoms with Crippen molar-refractivity contribution in [1.29, 1.82) is 0 Å². The van der Waals surface area contributed by atoms with Crippen LogP contribution >= 0.6 is 0 Å². The molecule has 1 aromatic carbocycles. The number of quaternary nitrogens is 1. The number of amides is 1. The minimum absolute atomic E-state index is 0.0320. The van der Waals surface area contributed by atoms with Crippen molar-refractivity contribution in [3.8, 4) is 5.75 Å². The van der Waals surface area contributed by atoms with Crippen molar-refractivity contribution >= 4 is 29.1 Å². The second-order valence-electron chi connectivity index (χ2n) is 13.6. The third-order valence-corrected chi connectivity index (χ3v) is 11.4. The molecule has 0 bridgehead atoms. The number of esters is 1. The zero-order valence-electron chi connectivity index (χ0n) is 26.1. The topological polar surface area (TPSA) is 162 Å². The molecule has 5 rings (SSSR count). The number of rotatable bonds is 9. The summed E-state index contributed by atoms with van der Waals surface area (Å²) >= 11 is 0. The number of oxime groups is 1. The number of carbonyl (C=O) groups is 3. The monoisotopic (exact) mass is 611 g/mol. The van der Waals surface area contributed by atoms with Gasteiger partial charge in [-0.05, 0) is 105 Å². The highest BCUT2D eigenvalue weighted by Crippen LogP contribution is 2.66. The summed E-state index contributed by atoms with van der Waals surface area (Å²) in [5.74, 6) is 0.785. The number of carbonyl (C=O) groups excluding carboxylic acids is 3. The standard InChI is InChI=1S/C33H45N3O8/c1-19(37)24-8-9-25-23-7-6-21-17-22(11-13-32(21,2)26(23)12-14-33(24,25)3)35-44-18-30(39)34-27(31(40)43-4)15-20-5-10-29(38)28(16-20)36(41)42/h5,10,16-17,23-27,36,38,41H,6-9,11-15,18H2,1-4H3,(H,34,39)/t23-,24+,25-,26+,27+,32+,33-/m1/s1. The largest absolute Gasteiger partial charge is 0.595 e. The van der Waals surface area contributed by atoms with Crippen molar-refractivity contribution in [2.24, 2.45) is 39.7 Å². The quantitative estimate of drug-likeness (QED) is 0.187. The molecule has 11 nitrogen and oxygen atoms in total. The van der Waals surface area contributed by atoms with Gasteiger partial charge in [0.2, 0.25) is 5.69 Å². The maximum atomic E-state index is 12.7. The Bertz CT molecular complexity index is 1360. The molecular weight excluding hydrogens is 566 g/mol. The normalized spacial score (nSPS) is 33.2. The zero-order valence-corrected chi connectivity index (χ0v) is 26.1. The molecule has 3 fully saturated rings. The molecule has 44 heavy (non-hydrogen) atoms. The molecular formula is C33H45N3O8. The highest BCUT2D eigenvalue weighted by Gasteiger charge is 2.59. The molecule has 11 heteroatoms. The first-order valence-corrected chi connectivity index (χ1v) is 15.7. The van der Waals surface area contributed by atoms with Gasteiger partial charge in [-0.15, -0.1) is 0 Å². The number of ether oxygens (including phenoxy) is 1. The Balaban J connectivity index is 1.19. The number of nitrogens with one attached hydrogen (secondary N) is 2. The second-order valence-corrected chi connectivity index (χ2v) is 13.6. The molecule has 1 amide bonds. The molecule has 1 aromatic rings. The van der Waals surface area contributed by atoms with Gasteiger partial charge in [0.05, 0.1) is 12.8 Å². The lowest BCUT2D eigenvalue weighted by molar-refractivity contribution is -0.991. The van der Waals surface area contributed by atoms with Crippen LogP contribution in [0.4, 0.5) is 5.69 Å². The van der Waals surface area contributed by atoms with Crippen LogP contribution in [0.25, 0.3) is 0 Å². The van der Waals surface area contributed by atoms with Gasteiger partial charge in [-0.25, -0.2) is 10.0 Å². The van der Waals surface area contributed by atoms with E-state index in [-0.39, 0.29) is 28.9 Å². The maximum Gasteiger partial charge on any atom is 0.328 e. The first-order valence-electron chi connectivity index (χ1n) is 15.7. The van der Waals surface area contributed by atoms with Crippen molar-refractivity contribution in [3.63, 3.8) is 0 Å². The van der Waals surface area contributed by atoms with E-state index < -0.39 is 35.5 Å². The molecule has 0 aromatic heterocycles. The van der Waals surface area contributed by atoms with Crippen molar-refractivity contribution in [3.05, 3.63) is 40.6 Å². The lowest BCUT2D eigenvalue weighted by atomic mass is 9.46. The summed E-state index contributed by atoms with van der Waals surface area (Å²) in [7, 11) is 1.20. The lowest BCUT2D eigenvalue weighted by Gasteiger charge is -2.58. The number of methoxy groups -OCH3 is 1. The number of benzene rings is 1. The van der Waals surface area contributed by atoms with Crippen LogP contribution in [-0.4, -0.2) is 53.4 Å². The van der Waals surface area contributed by atoms with E-state index in [1.807, 2.05) is 0 Å². The van der Waals surface area contributed by atoms with Gasteiger partial charge in [0.25, 0.3) is 5.91 Å². The first kappa shape index (κ1) is 32.1. The summed E-state index contributed by atoms with van der Waals surface area (Å²) in [6.45, 7) is 6.15. The molecule has 4 N–H and O–H groups in total. The van der Waals surface area contributed by atoms with E-state index in [0.29, 0.717) is 29.1 Å². The summed E-state index contributed by atoms with van der Waals surface area (Å²) in [5.41, 5.74) is 2.58. The molecule has 0 aliphatic heterocycles. The van der Waals surface area contributed by atoms with E-state index >= 15 is 0 Å². The molecule has 4 aliphatic carbocycles. The number of ketones is 1. The van der Waals surface area contributed by atoms with Crippen LogP contribution in [-0.2, 0) is 30.4 Å². The predicted octanol–water partition coefficient (Wildman–Crippen LogP) is 3.54. The first-order chi connectivity index (χ1) is 20.9. The van der Waals surface area contributed by atoms with E-state index in [0.717, 1.165) is 57.1 Å². The Kier molecular flexibility index (Phi) is 9.21. The van der Waals surface area contributed by atoms with E-state index in [1.54, 1.807) is 6.92 Å². The van der Waals surface area contributed by atoms with Gasteiger partial charge in [0.15, 0.2) is 12.4 Å². The molecule has 0 heterocycles. The van der Waals surface area contributed by atoms with Crippen molar-refractivity contribution in [2.45, 2.75) is 84.6 Å². The SMILES string of the molecule is COC(=O)[C@H](Cc1ccc(O)c([NH+]([O-])O)c1)NC(=O)CON=C1C=C2CC[C@@H]3[C@H]4CC[C@@H](C(C)=O)[C@@]4(C)CC[C@@H]3[C@@]2(C)CC1. The smallest absolute Gasteiger partial charge is 0.328 e. The number of hydrogen-bond acceptors (Lipinski definition) is 9. The Hall–Kier alpha value is -3.28. The number of Topliss-reactive ketones (excluding diaryl/α,β-unsaturated/α-hetero) is 1. The van der Waals surface area contributed by atoms with Crippen LogP contribution in [0.2, 0.25) is 0 Å². The average molecular weight is 612 g/mol. The average Bonchev–Trinajstić information content (AvgIpc) is 3.35. The Morgan fingerprint density at radius 3 is 2.61 bits per heavy atom. The van der Waals surface area contributed by atoms with Crippen LogP contribution in [0.15, 0.2) is 35.0 Å². The number of phenols is 1. The Morgan fingerprint density at radius 2 is 1.91 bits per heavy atom. The van der Waals surface area contributed by atoms with Crippen LogP contribution in [0.5, 0.6) is 5.75 Å². The Labute approximate surface area is 258 Å². The van der Waals surface area contributed by atoms with Gasteiger partial charge in [-0.3, -0.25) is 9.59 Å². The highest BCUT2D eigenvalue weighted by atomic mass is 16.8. The van der Waals surface area contributed by atoms with Gasteiger partial charge < -0.3 is 25.2 Å². The molecule has 1 unspecified atom stereocenters. The van der Waals surface area contributed by atoms with Crippen LogP contribution in [0.1, 0.15) is 77.7 Å². The van der Waals surface area contributed by atoms with Crippen LogP contribution in [0.3, 0.4) is 0 Å². The number of nitrogens with zero attached hydrogens (tertiary/aromatic N) is 1. The van der Waals surface area contributed by atoms with Gasteiger partial charge >= 0.3 is 5.97 Å². The van der Waals surface area contributed by atoms with E-state index in [9.17, 15) is 29.9 Å². The van der Waals surface area contributed by atoms with Gasteiger partial charge in [0, 0.05) is 18.4 Å². The minimum atomic E-state index is -1.31. The minimum Gasteiger partial charge on any atom is -0.595 e. The van der Waals surface area contributed by atoms with Crippen molar-refractivity contribution in [2.75, 3.05) is 13.7 Å². The molecule has 0 spiro atoms. The number of hydrogen-bond donors (Lipinski definition) is 4. The van der Waals surface area contributed by atoms with Crippen LogP contribution in [0, 0.1) is 39.7 Å². The number of fused-ring (bicyclic) bond motifs is 5. The second kappa shape index (κ2) is 12.6. The Morgan fingerprint density at radius 1 is 1.14 bits per heavy atom. The summed E-state index contributed by atoms with van der Waals surface area (Å²) in [6, 6.07) is 2.88. The predicted molar refractivity (Wildman–Crippen MR) is 161 cm³/mol. The fourth-order valence-corrected chi connectivity index (χ4v) is 9.17. The van der Waals surface area contributed by atoms with E-state index in [2.05, 4.69) is 30.4 Å². The summed E-state index contributed by atoms with van der Waals surface area (Å²) < 4.78 is 4.82. The fraction of sp³-hybridized carbons (Fsp3) is 0.636. The molecule has 3 saturated carbocycles. The molecule has 8 atom stereocenters. The summed E-state index contributed by atoms with van der Waals surface area (Å²) in [4.78, 5) is 42.9. The molecule has 0 radical (unpaired) electrons. The summed E-state index contributed by atoms with van der Waals surface area (Å²) in [6.07, 6.45) is 10.5. The summed E-state index contributed by atoms with van der Waals surface area (Å²) in [5, 5.41) is 35.9. The number of phenolic OH excluding ortho intramolecular Hbond substituents is 1. The van der Waals surface area contributed by atoms with E-state index in [1.165, 1.54) is 30.9 Å². The van der Waals surface area contributed by atoms with Gasteiger partial charge in [-0.1, -0.05) is 30.6 Å². The molecule has 0 saturated heterocycles. The molecule has 4 aliphatic rings. The van der Waals surface area contributed by atoms with Crippen molar-refractivity contribution < 1.29 is 39.5 Å². The number of allylic oxidation sites excluding steroid dienone is 2. The lowest BCUT2D eigenvalue weighted by Crippen LogP contribution is -2.99. The van der Waals surface area contributed by atoms with Gasteiger partial charge in [-0.2, -0.15) is 5.23 Å². The maximum absolute atomic E-state index is 12.7. The van der Waals surface area contributed by atoms with E-state index in [4.69, 9.17) is 9.57 Å². The third kappa shape index (κ3) is 6.01. The van der Waals surface area contributed by atoms with Crippen molar-refractivity contribution in [1.82, 2.24) is 5.32 Å². The highest BCUT2D eigenvalue weighted by molar-refractivity contribution is 5.96.